The third-order valence-electron chi connectivity index (χ3n) is 7.13. The number of rotatable bonds is 6. The number of hydrogen-bond donors (Lipinski definition) is 1. The molecule has 1 aromatic heterocycles. The Hall–Kier alpha value is -2.86. The number of benzene rings is 2. The van der Waals surface area contributed by atoms with Crippen molar-refractivity contribution in [3.05, 3.63) is 88.6 Å². The van der Waals surface area contributed by atoms with E-state index in [1.165, 1.54) is 5.57 Å². The highest BCUT2D eigenvalue weighted by Crippen LogP contribution is 2.41. The third kappa shape index (κ3) is 5.22. The molecule has 2 aliphatic heterocycles. The summed E-state index contributed by atoms with van der Waals surface area (Å²) in [6.45, 7) is 2.79. The van der Waals surface area contributed by atoms with Crippen molar-refractivity contribution in [2.75, 3.05) is 26.7 Å². The van der Waals surface area contributed by atoms with E-state index in [9.17, 15) is 5.11 Å². The molecule has 1 N–H and O–H groups in total. The maximum absolute atomic E-state index is 11.1. The summed E-state index contributed by atoms with van der Waals surface area (Å²) >= 11 is 6.01. The van der Waals surface area contributed by atoms with Gasteiger partial charge in [0, 0.05) is 41.9 Å². The number of halogens is 1. The van der Waals surface area contributed by atoms with E-state index < -0.39 is 5.60 Å². The molecule has 6 heteroatoms. The van der Waals surface area contributed by atoms with Gasteiger partial charge in [-0.15, -0.1) is 0 Å². The summed E-state index contributed by atoms with van der Waals surface area (Å²) in [4.78, 5) is 6.94. The van der Waals surface area contributed by atoms with Gasteiger partial charge in [0.05, 0.1) is 12.7 Å². The van der Waals surface area contributed by atoms with Crippen molar-refractivity contribution in [1.29, 1.82) is 0 Å². The predicted octanol–water partition coefficient (Wildman–Crippen LogP) is 6.24. The van der Waals surface area contributed by atoms with Crippen LogP contribution in [0.5, 0.6) is 17.4 Å². The molecule has 0 atom stereocenters. The van der Waals surface area contributed by atoms with Crippen molar-refractivity contribution < 1.29 is 14.6 Å². The third-order valence-corrected chi connectivity index (χ3v) is 7.39. The standard InChI is InChI=1S/C29H31ClN2O3/c1-34-26-8-4-9-27-25(26)20-21(24-7-5-16-31-28(24)35-27)6-2-3-17-32-18-14-29(33,15-19-32)22-10-12-23(30)13-11-22/h4-13,16,33H,2-3,14-15,17-20H2,1H3. The van der Waals surface area contributed by atoms with E-state index in [2.05, 4.69) is 22.0 Å². The molecule has 182 valence electrons. The van der Waals surface area contributed by atoms with Crippen LogP contribution in [0.1, 0.15) is 42.4 Å². The zero-order valence-electron chi connectivity index (χ0n) is 20.0. The highest BCUT2D eigenvalue weighted by molar-refractivity contribution is 6.30. The molecular weight excluding hydrogens is 460 g/mol. The molecule has 5 nitrogen and oxygen atoms in total. The fraction of sp³-hybridized carbons (Fsp3) is 0.345. The first kappa shape index (κ1) is 23.9. The Labute approximate surface area is 212 Å². The predicted molar refractivity (Wildman–Crippen MR) is 139 cm³/mol. The Morgan fingerprint density at radius 2 is 1.91 bits per heavy atom. The van der Waals surface area contributed by atoms with Gasteiger partial charge >= 0.3 is 0 Å². The van der Waals surface area contributed by atoms with Gasteiger partial charge < -0.3 is 19.5 Å². The van der Waals surface area contributed by atoms with Gasteiger partial charge in [0.25, 0.3) is 0 Å². The molecular formula is C29H31ClN2O3. The Kier molecular flexibility index (Phi) is 7.09. The first-order valence-corrected chi connectivity index (χ1v) is 12.6. The first-order valence-electron chi connectivity index (χ1n) is 12.2. The summed E-state index contributed by atoms with van der Waals surface area (Å²) in [5.74, 6) is 2.28. The number of piperidine rings is 1. The summed E-state index contributed by atoms with van der Waals surface area (Å²) in [7, 11) is 1.70. The van der Waals surface area contributed by atoms with Gasteiger partial charge in [-0.05, 0) is 79.8 Å². The zero-order chi connectivity index (χ0) is 24.3. The van der Waals surface area contributed by atoms with Crippen molar-refractivity contribution in [2.24, 2.45) is 0 Å². The lowest BCUT2D eigenvalue weighted by molar-refractivity contribution is -0.0259. The van der Waals surface area contributed by atoms with Gasteiger partial charge in [0.1, 0.15) is 11.5 Å². The van der Waals surface area contributed by atoms with Crippen molar-refractivity contribution in [3.63, 3.8) is 0 Å². The van der Waals surface area contributed by atoms with Crippen LogP contribution >= 0.6 is 11.6 Å². The highest BCUT2D eigenvalue weighted by Gasteiger charge is 2.33. The molecule has 0 aliphatic carbocycles. The molecule has 0 spiro atoms. The molecule has 0 radical (unpaired) electrons. The van der Waals surface area contributed by atoms with Crippen LogP contribution in [0, 0.1) is 0 Å². The summed E-state index contributed by atoms with van der Waals surface area (Å²) in [6, 6.07) is 17.5. The van der Waals surface area contributed by atoms with Gasteiger partial charge in [0.15, 0.2) is 0 Å². The van der Waals surface area contributed by atoms with E-state index >= 15 is 0 Å². The molecule has 1 saturated heterocycles. The molecule has 3 heterocycles. The minimum absolute atomic E-state index is 0.642. The smallest absolute Gasteiger partial charge is 0.226 e. The Bertz CT molecular complexity index is 1200. The number of fused-ring (bicyclic) bond motifs is 2. The number of nitrogens with zero attached hydrogens (tertiary/aromatic N) is 2. The quantitative estimate of drug-likeness (QED) is 0.414. The molecule has 3 aromatic rings. The van der Waals surface area contributed by atoms with Gasteiger partial charge in [-0.25, -0.2) is 4.98 Å². The summed E-state index contributed by atoms with van der Waals surface area (Å²) in [6.07, 6.45) is 8.33. The van der Waals surface area contributed by atoms with E-state index in [0.717, 1.165) is 79.9 Å². The fourth-order valence-corrected chi connectivity index (χ4v) is 5.21. The Morgan fingerprint density at radius 3 is 2.69 bits per heavy atom. The van der Waals surface area contributed by atoms with Crippen LogP contribution in [0.25, 0.3) is 5.57 Å². The minimum Gasteiger partial charge on any atom is -0.496 e. The van der Waals surface area contributed by atoms with Crippen LogP contribution in [-0.2, 0) is 12.0 Å². The van der Waals surface area contributed by atoms with E-state index in [1.54, 1.807) is 13.3 Å². The van der Waals surface area contributed by atoms with Crippen LogP contribution in [0.4, 0.5) is 0 Å². The Balaban J connectivity index is 1.22. The van der Waals surface area contributed by atoms with Gasteiger partial charge in [-0.1, -0.05) is 35.9 Å². The Morgan fingerprint density at radius 1 is 1.11 bits per heavy atom. The lowest BCUT2D eigenvalue weighted by atomic mass is 9.84. The van der Waals surface area contributed by atoms with Crippen molar-refractivity contribution >= 4 is 17.2 Å². The molecule has 0 saturated carbocycles. The minimum atomic E-state index is -0.757. The molecule has 2 aromatic carbocycles. The number of aromatic nitrogens is 1. The van der Waals surface area contributed by atoms with E-state index in [4.69, 9.17) is 21.1 Å². The van der Waals surface area contributed by atoms with Crippen molar-refractivity contribution in [1.82, 2.24) is 9.88 Å². The number of methoxy groups -OCH3 is 1. The number of unbranched alkanes of at least 4 members (excludes halogenated alkanes) is 1. The van der Waals surface area contributed by atoms with E-state index in [-0.39, 0.29) is 0 Å². The SMILES string of the molecule is COc1cccc2c1CC(=CCCCN1CCC(O)(c3ccc(Cl)cc3)CC1)c1cccnc1O2. The summed E-state index contributed by atoms with van der Waals surface area (Å²) < 4.78 is 11.8. The van der Waals surface area contributed by atoms with Crippen LogP contribution in [0.15, 0.2) is 66.9 Å². The monoisotopic (exact) mass is 490 g/mol. The fourth-order valence-electron chi connectivity index (χ4n) is 5.08. The summed E-state index contributed by atoms with van der Waals surface area (Å²) in [5.41, 5.74) is 3.51. The van der Waals surface area contributed by atoms with Crippen molar-refractivity contribution in [3.8, 4) is 17.4 Å². The highest BCUT2D eigenvalue weighted by atomic mass is 35.5. The largest absolute Gasteiger partial charge is 0.496 e. The maximum atomic E-state index is 11.1. The van der Waals surface area contributed by atoms with Crippen LogP contribution in [0.2, 0.25) is 5.02 Å². The van der Waals surface area contributed by atoms with Gasteiger partial charge in [-0.3, -0.25) is 0 Å². The van der Waals surface area contributed by atoms with Crippen LogP contribution < -0.4 is 9.47 Å². The second-order valence-corrected chi connectivity index (χ2v) is 9.76. The topological polar surface area (TPSA) is 54.8 Å². The second kappa shape index (κ2) is 10.4. The maximum Gasteiger partial charge on any atom is 0.226 e. The van der Waals surface area contributed by atoms with Gasteiger partial charge in [-0.2, -0.15) is 0 Å². The lowest BCUT2D eigenvalue weighted by Crippen LogP contribution is -2.42. The molecule has 2 aliphatic rings. The summed E-state index contributed by atoms with van der Waals surface area (Å²) in [5, 5.41) is 11.8. The molecule has 1 fully saturated rings. The number of aliphatic hydroxyl groups is 1. The molecule has 0 bridgehead atoms. The number of pyridine rings is 1. The number of likely N-dealkylation sites (tertiary alicyclic amines) is 1. The molecule has 0 amide bonds. The van der Waals surface area contributed by atoms with Crippen LogP contribution in [-0.4, -0.2) is 41.7 Å². The van der Waals surface area contributed by atoms with E-state index in [1.807, 2.05) is 48.5 Å². The average Bonchev–Trinajstić information content (AvgIpc) is 3.04. The lowest BCUT2D eigenvalue weighted by Gasteiger charge is -2.38. The van der Waals surface area contributed by atoms with Crippen molar-refractivity contribution in [2.45, 2.75) is 37.7 Å². The zero-order valence-corrected chi connectivity index (χ0v) is 20.8. The molecule has 35 heavy (non-hydrogen) atoms. The first-order chi connectivity index (χ1) is 17.1. The molecule has 0 unspecified atom stereocenters. The second-order valence-electron chi connectivity index (χ2n) is 9.32. The number of allylic oxidation sites excluding steroid dienone is 2. The van der Waals surface area contributed by atoms with E-state index in [0.29, 0.717) is 10.9 Å². The normalized spacial score (nSPS) is 18.3. The van der Waals surface area contributed by atoms with Crippen LogP contribution in [0.3, 0.4) is 0 Å². The average molecular weight is 491 g/mol. The number of hydrogen-bond acceptors (Lipinski definition) is 5. The number of ether oxygens (including phenoxy) is 2. The van der Waals surface area contributed by atoms with Gasteiger partial charge in [0.2, 0.25) is 5.88 Å². The molecule has 5 rings (SSSR count).